The number of halogens is 1. The summed E-state index contributed by atoms with van der Waals surface area (Å²) in [5, 5.41) is 3.05. The highest BCUT2D eigenvalue weighted by atomic mass is 35.5. The molecule has 0 aliphatic rings. The second-order valence-electron chi connectivity index (χ2n) is 6.60. The van der Waals surface area contributed by atoms with Gasteiger partial charge in [-0.05, 0) is 44.9 Å². The molecule has 0 bridgehead atoms. The topological polar surface area (TPSA) is 81.7 Å². The first kappa shape index (κ1) is 21.0. The number of ketones is 1. The lowest BCUT2D eigenvalue weighted by Gasteiger charge is -2.22. The zero-order valence-corrected chi connectivity index (χ0v) is 15.7. The molecule has 0 aliphatic carbocycles. The average molecular weight is 370 g/mol. The average Bonchev–Trinajstić information content (AvgIpc) is 2.51. The van der Waals surface area contributed by atoms with Crippen LogP contribution < -0.4 is 5.32 Å². The Balaban J connectivity index is 2.57. The van der Waals surface area contributed by atoms with E-state index in [2.05, 4.69) is 10.1 Å². The number of benzene rings is 1. The Morgan fingerprint density at radius 2 is 1.76 bits per heavy atom. The minimum atomic E-state index is -0.936. The van der Waals surface area contributed by atoms with Crippen LogP contribution in [0.3, 0.4) is 0 Å². The van der Waals surface area contributed by atoms with E-state index in [1.54, 1.807) is 45.0 Å². The molecule has 0 heterocycles. The van der Waals surface area contributed by atoms with Crippen molar-refractivity contribution in [3.8, 4) is 0 Å². The third-order valence-electron chi connectivity index (χ3n) is 3.20. The number of amides is 1. The first-order valence-corrected chi connectivity index (χ1v) is 8.32. The molecule has 1 amide bonds. The SMILES string of the molecule is COC(=O)[C@@H](CCC(=O)Cc1ccc(Cl)cc1)NC(=O)OC(C)(C)C. The first-order chi connectivity index (χ1) is 11.6. The smallest absolute Gasteiger partial charge is 0.408 e. The van der Waals surface area contributed by atoms with Gasteiger partial charge in [0.25, 0.3) is 0 Å². The van der Waals surface area contributed by atoms with E-state index < -0.39 is 23.7 Å². The van der Waals surface area contributed by atoms with E-state index in [-0.39, 0.29) is 25.0 Å². The number of hydrogen-bond donors (Lipinski definition) is 1. The Kier molecular flexibility index (Phi) is 7.90. The maximum absolute atomic E-state index is 12.1. The van der Waals surface area contributed by atoms with Gasteiger partial charge in [0.15, 0.2) is 0 Å². The molecule has 25 heavy (non-hydrogen) atoms. The largest absolute Gasteiger partial charge is 0.467 e. The van der Waals surface area contributed by atoms with Crippen LogP contribution in [-0.2, 0) is 25.5 Å². The monoisotopic (exact) mass is 369 g/mol. The second-order valence-corrected chi connectivity index (χ2v) is 7.04. The van der Waals surface area contributed by atoms with Gasteiger partial charge in [-0.3, -0.25) is 4.79 Å². The Bertz CT molecular complexity index is 607. The molecule has 0 saturated carbocycles. The minimum Gasteiger partial charge on any atom is -0.467 e. The predicted octanol–water partition coefficient (Wildman–Crippen LogP) is 3.30. The molecular weight excluding hydrogens is 346 g/mol. The number of esters is 1. The van der Waals surface area contributed by atoms with Crippen molar-refractivity contribution in [2.24, 2.45) is 0 Å². The molecule has 1 aromatic carbocycles. The van der Waals surface area contributed by atoms with Crippen molar-refractivity contribution in [2.75, 3.05) is 7.11 Å². The van der Waals surface area contributed by atoms with Gasteiger partial charge in [-0.1, -0.05) is 23.7 Å². The lowest BCUT2D eigenvalue weighted by Crippen LogP contribution is -2.44. The Hall–Kier alpha value is -2.08. The number of nitrogens with one attached hydrogen (secondary N) is 1. The quantitative estimate of drug-likeness (QED) is 0.746. The number of carbonyl (C=O) groups is 3. The van der Waals surface area contributed by atoms with E-state index in [0.717, 1.165) is 5.56 Å². The number of alkyl carbamates (subject to hydrolysis) is 1. The zero-order chi connectivity index (χ0) is 19.0. The van der Waals surface area contributed by atoms with E-state index >= 15 is 0 Å². The van der Waals surface area contributed by atoms with Crippen molar-refractivity contribution in [1.29, 1.82) is 0 Å². The summed E-state index contributed by atoms with van der Waals surface area (Å²) in [6, 6.07) is 6.04. The molecule has 1 aromatic rings. The van der Waals surface area contributed by atoms with Crippen molar-refractivity contribution in [2.45, 2.75) is 51.7 Å². The van der Waals surface area contributed by atoms with Crippen LogP contribution in [0.1, 0.15) is 39.2 Å². The molecule has 6 nitrogen and oxygen atoms in total. The van der Waals surface area contributed by atoms with E-state index in [9.17, 15) is 14.4 Å². The van der Waals surface area contributed by atoms with Gasteiger partial charge in [0.2, 0.25) is 0 Å². The first-order valence-electron chi connectivity index (χ1n) is 7.94. The molecule has 0 fully saturated rings. The van der Waals surface area contributed by atoms with Crippen LogP contribution in [0.2, 0.25) is 5.02 Å². The van der Waals surface area contributed by atoms with Crippen molar-refractivity contribution in [1.82, 2.24) is 5.32 Å². The number of methoxy groups -OCH3 is 1. The maximum atomic E-state index is 12.1. The summed E-state index contributed by atoms with van der Waals surface area (Å²) in [6.07, 6.45) is -0.235. The minimum absolute atomic E-state index is 0.0535. The van der Waals surface area contributed by atoms with Crippen LogP contribution >= 0.6 is 11.6 Å². The molecule has 7 heteroatoms. The van der Waals surface area contributed by atoms with Crippen molar-refractivity contribution >= 4 is 29.4 Å². The molecule has 1 atom stereocenters. The van der Waals surface area contributed by atoms with Gasteiger partial charge in [0.1, 0.15) is 17.4 Å². The predicted molar refractivity (Wildman–Crippen MR) is 94.6 cm³/mol. The summed E-state index contributed by atoms with van der Waals surface area (Å²) in [5.41, 5.74) is 0.152. The number of hydrogen-bond acceptors (Lipinski definition) is 5. The van der Waals surface area contributed by atoms with Crippen molar-refractivity contribution in [3.63, 3.8) is 0 Å². The fraction of sp³-hybridized carbons (Fsp3) is 0.500. The fourth-order valence-electron chi connectivity index (χ4n) is 2.06. The van der Waals surface area contributed by atoms with Crippen LogP contribution in [0.15, 0.2) is 24.3 Å². The molecule has 0 unspecified atom stereocenters. The molecule has 0 saturated heterocycles. The summed E-state index contributed by atoms with van der Waals surface area (Å²) in [5.74, 6) is -0.674. The Labute approximate surface area is 152 Å². The zero-order valence-electron chi connectivity index (χ0n) is 14.9. The Morgan fingerprint density at radius 1 is 1.16 bits per heavy atom. The lowest BCUT2D eigenvalue weighted by molar-refractivity contribution is -0.143. The third-order valence-corrected chi connectivity index (χ3v) is 3.46. The number of rotatable bonds is 7. The van der Waals surface area contributed by atoms with Gasteiger partial charge in [-0.2, -0.15) is 0 Å². The maximum Gasteiger partial charge on any atom is 0.408 e. The number of ether oxygens (including phenoxy) is 2. The molecule has 1 rings (SSSR count). The van der Waals surface area contributed by atoms with Gasteiger partial charge in [0.05, 0.1) is 7.11 Å². The summed E-state index contributed by atoms with van der Waals surface area (Å²) < 4.78 is 9.79. The van der Waals surface area contributed by atoms with Crippen LogP contribution in [-0.4, -0.2) is 36.6 Å². The van der Waals surface area contributed by atoms with Crippen molar-refractivity contribution < 1.29 is 23.9 Å². The Morgan fingerprint density at radius 3 is 2.28 bits per heavy atom. The van der Waals surface area contributed by atoms with Crippen molar-refractivity contribution in [3.05, 3.63) is 34.9 Å². The van der Waals surface area contributed by atoms with Gasteiger partial charge < -0.3 is 14.8 Å². The second kappa shape index (κ2) is 9.42. The summed E-state index contributed by atoms with van der Waals surface area (Å²) >= 11 is 5.81. The fourth-order valence-corrected chi connectivity index (χ4v) is 2.19. The molecule has 0 radical (unpaired) electrons. The van der Waals surface area contributed by atoms with E-state index in [1.807, 2.05) is 0 Å². The summed E-state index contributed by atoms with van der Waals surface area (Å²) in [4.78, 5) is 35.7. The third kappa shape index (κ3) is 8.54. The van der Waals surface area contributed by atoms with Crippen LogP contribution in [0.4, 0.5) is 4.79 Å². The normalized spacial score (nSPS) is 12.2. The summed E-state index contributed by atoms with van der Waals surface area (Å²) in [6.45, 7) is 5.15. The van der Waals surface area contributed by atoms with E-state index in [4.69, 9.17) is 16.3 Å². The molecule has 0 aromatic heterocycles. The van der Waals surface area contributed by atoms with Gasteiger partial charge in [-0.15, -0.1) is 0 Å². The molecule has 138 valence electrons. The van der Waals surface area contributed by atoms with Crippen LogP contribution in [0.25, 0.3) is 0 Å². The number of Topliss-reactive ketones (excluding diaryl/α,β-unsaturated/α-hetero) is 1. The van der Waals surface area contributed by atoms with E-state index in [1.165, 1.54) is 7.11 Å². The van der Waals surface area contributed by atoms with E-state index in [0.29, 0.717) is 5.02 Å². The number of carbonyl (C=O) groups excluding carboxylic acids is 3. The highest BCUT2D eigenvalue weighted by molar-refractivity contribution is 6.30. The highest BCUT2D eigenvalue weighted by Crippen LogP contribution is 2.12. The lowest BCUT2D eigenvalue weighted by atomic mass is 10.0. The van der Waals surface area contributed by atoms with Gasteiger partial charge in [0, 0.05) is 17.9 Å². The molecular formula is C18H24ClNO5. The van der Waals surface area contributed by atoms with Gasteiger partial charge in [-0.25, -0.2) is 9.59 Å². The standard InChI is InChI=1S/C18H24ClNO5/c1-18(2,3)25-17(23)20-15(16(22)24-4)10-9-14(21)11-12-5-7-13(19)8-6-12/h5-8,15H,9-11H2,1-4H3,(H,20,23)/t15-/m1/s1. The summed E-state index contributed by atoms with van der Waals surface area (Å²) in [7, 11) is 1.22. The van der Waals surface area contributed by atoms with Crippen LogP contribution in [0.5, 0.6) is 0 Å². The molecule has 1 N–H and O–H groups in total. The highest BCUT2D eigenvalue weighted by Gasteiger charge is 2.25. The molecule has 0 spiro atoms. The van der Waals surface area contributed by atoms with Crippen LogP contribution in [0, 0.1) is 0 Å². The van der Waals surface area contributed by atoms with Gasteiger partial charge >= 0.3 is 12.1 Å². The molecule has 0 aliphatic heterocycles.